The molecule has 0 aliphatic carbocycles. The van der Waals surface area contributed by atoms with E-state index in [2.05, 4.69) is 15.2 Å². The summed E-state index contributed by atoms with van der Waals surface area (Å²) in [5.74, 6) is 1.11. The molecule has 0 aliphatic heterocycles. The molecule has 5 heteroatoms. The van der Waals surface area contributed by atoms with Gasteiger partial charge in [0.1, 0.15) is 0 Å². The van der Waals surface area contributed by atoms with Gasteiger partial charge in [-0.25, -0.2) is 9.38 Å². The Morgan fingerprint density at radius 1 is 1.12 bits per heavy atom. The summed E-state index contributed by atoms with van der Waals surface area (Å²) >= 11 is 0. The summed E-state index contributed by atoms with van der Waals surface area (Å²) in [4.78, 5) is 4.13. The Morgan fingerprint density at radius 2 is 1.88 bits per heavy atom. The lowest BCUT2D eigenvalue weighted by atomic mass is 10.2. The highest BCUT2D eigenvalue weighted by Gasteiger charge is 2.12. The topological polar surface area (TPSA) is 69.1 Å². The fourth-order valence-electron chi connectivity index (χ4n) is 1.81. The summed E-state index contributed by atoms with van der Waals surface area (Å²) in [6.45, 7) is 1.94. The lowest BCUT2D eigenvalue weighted by Crippen LogP contribution is -2.02. The maximum Gasteiger partial charge on any atom is 0.207 e. The van der Waals surface area contributed by atoms with Crippen molar-refractivity contribution >= 4 is 11.6 Å². The van der Waals surface area contributed by atoms with E-state index in [0.29, 0.717) is 11.8 Å². The Kier molecular flexibility index (Phi) is 2.04. The molecule has 17 heavy (non-hydrogen) atoms. The zero-order valence-corrected chi connectivity index (χ0v) is 9.33. The van der Waals surface area contributed by atoms with Gasteiger partial charge in [0, 0.05) is 17.3 Å². The second kappa shape index (κ2) is 3.55. The lowest BCUT2D eigenvalue weighted by molar-refractivity contribution is 1.08. The molecule has 2 heterocycles. The van der Waals surface area contributed by atoms with Crippen LogP contribution in [0.15, 0.2) is 36.5 Å². The lowest BCUT2D eigenvalue weighted by Gasteiger charge is -2.03. The van der Waals surface area contributed by atoms with E-state index in [4.69, 9.17) is 5.73 Å². The van der Waals surface area contributed by atoms with E-state index in [9.17, 15) is 0 Å². The van der Waals surface area contributed by atoms with Crippen LogP contribution in [-0.4, -0.2) is 19.6 Å². The SMILES string of the molecule is Cc1cnc(N)n2c(-c3ccccc3)nnc12. The van der Waals surface area contributed by atoms with Crippen molar-refractivity contribution in [3.63, 3.8) is 0 Å². The van der Waals surface area contributed by atoms with Gasteiger partial charge < -0.3 is 5.73 Å². The van der Waals surface area contributed by atoms with Crippen molar-refractivity contribution in [1.82, 2.24) is 19.6 Å². The number of aromatic nitrogens is 4. The Morgan fingerprint density at radius 3 is 2.65 bits per heavy atom. The van der Waals surface area contributed by atoms with Crippen molar-refractivity contribution in [3.05, 3.63) is 42.1 Å². The molecule has 1 aromatic carbocycles. The summed E-state index contributed by atoms with van der Waals surface area (Å²) in [7, 11) is 0. The molecule has 0 aliphatic rings. The van der Waals surface area contributed by atoms with Crippen LogP contribution in [0.5, 0.6) is 0 Å². The van der Waals surface area contributed by atoms with Gasteiger partial charge in [-0.3, -0.25) is 0 Å². The van der Waals surface area contributed by atoms with Gasteiger partial charge in [0.25, 0.3) is 0 Å². The third-order valence-electron chi connectivity index (χ3n) is 2.67. The summed E-state index contributed by atoms with van der Waals surface area (Å²) in [6, 6.07) is 9.81. The first-order chi connectivity index (χ1) is 8.27. The highest BCUT2D eigenvalue weighted by Crippen LogP contribution is 2.21. The average Bonchev–Trinajstić information content (AvgIpc) is 2.81. The number of benzene rings is 1. The standard InChI is InChI=1S/C12H11N5/c1-8-7-14-12(13)17-10(8)15-16-11(17)9-5-3-2-4-6-9/h2-7H,1H3,(H2,13,14). The number of nitrogens with zero attached hydrogens (tertiary/aromatic N) is 4. The molecule has 0 atom stereocenters. The Hall–Kier alpha value is -2.43. The molecule has 0 radical (unpaired) electrons. The molecular weight excluding hydrogens is 214 g/mol. The smallest absolute Gasteiger partial charge is 0.207 e. The molecule has 0 fully saturated rings. The van der Waals surface area contributed by atoms with Gasteiger partial charge in [0.05, 0.1) is 0 Å². The van der Waals surface area contributed by atoms with Crippen LogP contribution in [0.4, 0.5) is 5.95 Å². The first-order valence-electron chi connectivity index (χ1n) is 5.29. The minimum absolute atomic E-state index is 0.398. The number of nitrogens with two attached hydrogens (primary N) is 1. The number of rotatable bonds is 1. The van der Waals surface area contributed by atoms with Crippen LogP contribution in [0.3, 0.4) is 0 Å². The molecule has 3 rings (SSSR count). The van der Waals surface area contributed by atoms with E-state index in [0.717, 1.165) is 16.8 Å². The number of anilines is 1. The quantitative estimate of drug-likeness (QED) is 0.684. The Balaban J connectivity index is 2.36. The fraction of sp³-hybridized carbons (Fsp3) is 0.0833. The van der Waals surface area contributed by atoms with E-state index in [1.165, 1.54) is 0 Å². The first kappa shape index (κ1) is 9.77. The largest absolute Gasteiger partial charge is 0.369 e. The normalized spacial score (nSPS) is 10.9. The van der Waals surface area contributed by atoms with Gasteiger partial charge in [-0.1, -0.05) is 30.3 Å². The number of hydrogen-bond acceptors (Lipinski definition) is 4. The molecule has 0 amide bonds. The van der Waals surface area contributed by atoms with E-state index >= 15 is 0 Å². The zero-order chi connectivity index (χ0) is 11.8. The van der Waals surface area contributed by atoms with Crippen molar-refractivity contribution in [3.8, 4) is 11.4 Å². The fourth-order valence-corrected chi connectivity index (χ4v) is 1.81. The second-order valence-electron chi connectivity index (χ2n) is 3.85. The van der Waals surface area contributed by atoms with E-state index in [1.807, 2.05) is 37.3 Å². The van der Waals surface area contributed by atoms with Crippen molar-refractivity contribution in [2.75, 3.05) is 5.73 Å². The molecule has 3 aromatic rings. The summed E-state index contributed by atoms with van der Waals surface area (Å²) in [6.07, 6.45) is 1.70. The van der Waals surface area contributed by atoms with E-state index in [1.54, 1.807) is 10.6 Å². The van der Waals surface area contributed by atoms with Gasteiger partial charge in [-0.05, 0) is 6.92 Å². The second-order valence-corrected chi connectivity index (χ2v) is 3.85. The molecule has 2 aromatic heterocycles. The van der Waals surface area contributed by atoms with Crippen molar-refractivity contribution < 1.29 is 0 Å². The van der Waals surface area contributed by atoms with Crippen LogP contribution in [0.1, 0.15) is 5.56 Å². The molecule has 84 valence electrons. The van der Waals surface area contributed by atoms with Crippen LogP contribution in [0.2, 0.25) is 0 Å². The van der Waals surface area contributed by atoms with Crippen molar-refractivity contribution in [1.29, 1.82) is 0 Å². The molecule has 0 bridgehead atoms. The highest BCUT2D eigenvalue weighted by atomic mass is 15.3. The monoisotopic (exact) mass is 225 g/mol. The maximum absolute atomic E-state index is 5.88. The summed E-state index contributed by atoms with van der Waals surface area (Å²) in [5.41, 5.74) is 8.55. The van der Waals surface area contributed by atoms with Crippen molar-refractivity contribution in [2.24, 2.45) is 0 Å². The number of hydrogen-bond donors (Lipinski definition) is 1. The van der Waals surface area contributed by atoms with Crippen LogP contribution in [-0.2, 0) is 0 Å². The molecule has 0 saturated heterocycles. The van der Waals surface area contributed by atoms with Crippen LogP contribution >= 0.6 is 0 Å². The predicted octanol–water partition coefficient (Wildman–Crippen LogP) is 1.68. The molecule has 5 nitrogen and oxygen atoms in total. The number of aryl methyl sites for hydroxylation is 1. The zero-order valence-electron chi connectivity index (χ0n) is 9.33. The molecule has 0 saturated carbocycles. The van der Waals surface area contributed by atoms with Gasteiger partial charge in [0.2, 0.25) is 5.95 Å². The predicted molar refractivity (Wildman–Crippen MR) is 65.4 cm³/mol. The van der Waals surface area contributed by atoms with Crippen LogP contribution < -0.4 is 5.73 Å². The first-order valence-corrected chi connectivity index (χ1v) is 5.29. The molecular formula is C12H11N5. The average molecular weight is 225 g/mol. The number of fused-ring (bicyclic) bond motifs is 1. The third kappa shape index (κ3) is 1.44. The highest BCUT2D eigenvalue weighted by molar-refractivity contribution is 5.63. The summed E-state index contributed by atoms with van der Waals surface area (Å²) in [5, 5.41) is 8.33. The number of nitrogen functional groups attached to an aromatic ring is 1. The Bertz CT molecular complexity index is 672. The van der Waals surface area contributed by atoms with Crippen LogP contribution in [0, 0.1) is 6.92 Å². The van der Waals surface area contributed by atoms with Gasteiger partial charge >= 0.3 is 0 Å². The van der Waals surface area contributed by atoms with E-state index in [-0.39, 0.29) is 0 Å². The van der Waals surface area contributed by atoms with Gasteiger partial charge in [-0.15, -0.1) is 10.2 Å². The van der Waals surface area contributed by atoms with Crippen molar-refractivity contribution in [2.45, 2.75) is 6.92 Å². The van der Waals surface area contributed by atoms with Gasteiger partial charge in [0.15, 0.2) is 11.5 Å². The third-order valence-corrected chi connectivity index (χ3v) is 2.67. The molecule has 0 spiro atoms. The van der Waals surface area contributed by atoms with Crippen LogP contribution in [0.25, 0.3) is 17.0 Å². The Labute approximate surface area is 97.9 Å². The molecule has 2 N–H and O–H groups in total. The summed E-state index contributed by atoms with van der Waals surface area (Å²) < 4.78 is 1.77. The minimum Gasteiger partial charge on any atom is -0.369 e. The minimum atomic E-state index is 0.398. The maximum atomic E-state index is 5.88. The van der Waals surface area contributed by atoms with E-state index < -0.39 is 0 Å². The van der Waals surface area contributed by atoms with Gasteiger partial charge in [-0.2, -0.15) is 0 Å². The molecule has 0 unspecified atom stereocenters.